The number of halogens is 1. The van der Waals surface area contributed by atoms with Crippen LogP contribution in [0.1, 0.15) is 12.0 Å². The average Bonchev–Trinajstić information content (AvgIpc) is 2.61. The van der Waals surface area contributed by atoms with Crippen LogP contribution in [0.15, 0.2) is 34.1 Å². The van der Waals surface area contributed by atoms with E-state index in [2.05, 4.69) is 20.5 Å². The Hall–Kier alpha value is -2.79. The molecule has 3 N–H and O–H groups in total. The van der Waals surface area contributed by atoms with Crippen molar-refractivity contribution in [3.8, 4) is 0 Å². The molecule has 1 aromatic carbocycles. The molecule has 0 aliphatic carbocycles. The number of carbonyl (C=O) groups is 1. The highest BCUT2D eigenvalue weighted by Crippen LogP contribution is 2.26. The maximum Gasteiger partial charge on any atom is 0.273 e. The molecule has 0 unspecified atom stereocenters. The number of fused-ring (bicyclic) bond motifs is 1. The minimum absolute atomic E-state index is 0.0212. The van der Waals surface area contributed by atoms with E-state index in [-0.39, 0.29) is 16.1 Å². The minimum Gasteiger partial charge on any atom is -0.384 e. The first kappa shape index (κ1) is 19.0. The van der Waals surface area contributed by atoms with Gasteiger partial charge in [0.25, 0.3) is 5.56 Å². The molecule has 27 heavy (non-hydrogen) atoms. The number of amides is 1. The molecule has 9 nitrogen and oxygen atoms in total. The number of hydrogen-bond donors (Lipinski definition) is 3. The van der Waals surface area contributed by atoms with Crippen molar-refractivity contribution in [2.45, 2.75) is 24.8 Å². The van der Waals surface area contributed by atoms with E-state index in [0.29, 0.717) is 25.2 Å². The van der Waals surface area contributed by atoms with E-state index in [1.807, 2.05) is 0 Å². The number of nitrogens with zero attached hydrogens (tertiary/aromatic N) is 2. The molecule has 1 amide bonds. The third-order valence-electron chi connectivity index (χ3n) is 4.03. The van der Waals surface area contributed by atoms with E-state index in [4.69, 9.17) is 0 Å². The zero-order valence-electron chi connectivity index (χ0n) is 14.5. The van der Waals surface area contributed by atoms with Gasteiger partial charge in [-0.2, -0.15) is 5.10 Å². The van der Waals surface area contributed by atoms with Crippen LogP contribution in [0.5, 0.6) is 0 Å². The Labute approximate surface area is 154 Å². The van der Waals surface area contributed by atoms with Crippen LogP contribution in [0.3, 0.4) is 0 Å². The molecule has 1 aliphatic rings. The SMILES string of the molecule is Cc1c(F)cnn(CC(=O)Nc2ccc3c(c2)S(=O)(=O)NCCCN3)c1=O. The topological polar surface area (TPSA) is 122 Å². The second-order valence-corrected chi connectivity index (χ2v) is 7.75. The summed E-state index contributed by atoms with van der Waals surface area (Å²) in [7, 11) is -3.71. The molecule has 144 valence electrons. The first-order valence-electron chi connectivity index (χ1n) is 8.17. The molecular formula is C16H18FN5O4S. The van der Waals surface area contributed by atoms with E-state index in [1.165, 1.54) is 13.0 Å². The molecule has 0 saturated carbocycles. The summed E-state index contributed by atoms with van der Waals surface area (Å²) in [5, 5.41) is 9.15. The van der Waals surface area contributed by atoms with Crippen molar-refractivity contribution >= 4 is 27.3 Å². The van der Waals surface area contributed by atoms with E-state index >= 15 is 0 Å². The number of aromatic nitrogens is 2. The van der Waals surface area contributed by atoms with Crippen LogP contribution in [-0.2, 0) is 21.4 Å². The molecule has 11 heteroatoms. The van der Waals surface area contributed by atoms with Gasteiger partial charge in [0, 0.05) is 18.8 Å². The lowest BCUT2D eigenvalue weighted by atomic mass is 10.2. The summed E-state index contributed by atoms with van der Waals surface area (Å²) >= 11 is 0. The monoisotopic (exact) mass is 395 g/mol. The fraction of sp³-hybridized carbons (Fsp3) is 0.312. The molecule has 0 fully saturated rings. The van der Waals surface area contributed by atoms with Gasteiger partial charge in [-0.15, -0.1) is 0 Å². The highest BCUT2D eigenvalue weighted by Gasteiger charge is 2.21. The minimum atomic E-state index is -3.71. The Morgan fingerprint density at radius 2 is 2.15 bits per heavy atom. The molecule has 0 radical (unpaired) electrons. The van der Waals surface area contributed by atoms with Crippen LogP contribution in [0.4, 0.5) is 15.8 Å². The summed E-state index contributed by atoms with van der Waals surface area (Å²) in [5.74, 6) is -1.34. The summed E-state index contributed by atoms with van der Waals surface area (Å²) in [6.07, 6.45) is 1.51. The van der Waals surface area contributed by atoms with Crippen LogP contribution < -0.4 is 20.9 Å². The smallest absolute Gasteiger partial charge is 0.273 e. The summed E-state index contributed by atoms with van der Waals surface area (Å²) < 4.78 is 41.3. The standard InChI is InChI=1S/C16H18FN5O4S/c1-10-12(17)8-19-22(16(10)24)9-15(23)21-11-3-4-13-14(7-11)27(25,26)20-6-2-5-18-13/h3-4,7-8,18,20H,2,5-6,9H2,1H3,(H,21,23). The number of carbonyl (C=O) groups excluding carboxylic acids is 1. The molecule has 0 atom stereocenters. The van der Waals surface area contributed by atoms with Crippen molar-refractivity contribution in [1.82, 2.24) is 14.5 Å². The third-order valence-corrected chi connectivity index (χ3v) is 5.53. The quantitative estimate of drug-likeness (QED) is 0.693. The lowest BCUT2D eigenvalue weighted by Gasteiger charge is -2.18. The predicted octanol–water partition coefficient (Wildman–Crippen LogP) is 0.423. The number of rotatable bonds is 3. The number of sulfonamides is 1. The molecule has 3 rings (SSSR count). The molecule has 0 spiro atoms. The van der Waals surface area contributed by atoms with Gasteiger partial charge in [0.05, 0.1) is 17.4 Å². The second-order valence-electron chi connectivity index (χ2n) is 6.02. The highest BCUT2D eigenvalue weighted by atomic mass is 32.2. The van der Waals surface area contributed by atoms with Crippen LogP contribution >= 0.6 is 0 Å². The van der Waals surface area contributed by atoms with E-state index in [9.17, 15) is 22.4 Å². The summed E-state index contributed by atoms with van der Waals surface area (Å²) in [6.45, 7) is 1.79. The second kappa shape index (κ2) is 7.45. The molecule has 1 aromatic heterocycles. The first-order chi connectivity index (χ1) is 12.8. The predicted molar refractivity (Wildman–Crippen MR) is 96.6 cm³/mol. The normalized spacial score (nSPS) is 15.8. The van der Waals surface area contributed by atoms with E-state index < -0.39 is 33.9 Å². The largest absolute Gasteiger partial charge is 0.384 e. The number of nitrogens with one attached hydrogen (secondary N) is 3. The van der Waals surface area contributed by atoms with Gasteiger partial charge in [0.2, 0.25) is 15.9 Å². The van der Waals surface area contributed by atoms with Gasteiger partial charge in [0.1, 0.15) is 11.4 Å². The average molecular weight is 395 g/mol. The Morgan fingerprint density at radius 1 is 1.37 bits per heavy atom. The Kier molecular flexibility index (Phi) is 5.24. The molecule has 2 heterocycles. The Balaban J connectivity index is 1.82. The van der Waals surface area contributed by atoms with Gasteiger partial charge >= 0.3 is 0 Å². The summed E-state index contributed by atoms with van der Waals surface area (Å²) in [4.78, 5) is 24.1. The first-order valence-corrected chi connectivity index (χ1v) is 9.66. The van der Waals surface area contributed by atoms with Gasteiger partial charge in [-0.3, -0.25) is 9.59 Å². The van der Waals surface area contributed by atoms with Crippen molar-refractivity contribution in [3.05, 3.63) is 46.1 Å². The lowest BCUT2D eigenvalue weighted by molar-refractivity contribution is -0.117. The molecule has 1 aliphatic heterocycles. The van der Waals surface area contributed by atoms with Crippen LogP contribution in [0, 0.1) is 12.7 Å². The number of anilines is 2. The van der Waals surface area contributed by atoms with Gasteiger partial charge in [-0.25, -0.2) is 22.2 Å². The summed E-state index contributed by atoms with van der Waals surface area (Å²) in [6, 6.07) is 4.44. The van der Waals surface area contributed by atoms with Crippen molar-refractivity contribution in [2.24, 2.45) is 0 Å². The van der Waals surface area contributed by atoms with Crippen molar-refractivity contribution < 1.29 is 17.6 Å². The number of hydrogen-bond acceptors (Lipinski definition) is 6. The molecule has 0 saturated heterocycles. The van der Waals surface area contributed by atoms with Gasteiger partial charge in [-0.1, -0.05) is 0 Å². The zero-order chi connectivity index (χ0) is 19.6. The number of benzene rings is 1. The maximum absolute atomic E-state index is 13.3. The van der Waals surface area contributed by atoms with Crippen LogP contribution in [-0.4, -0.2) is 37.2 Å². The van der Waals surface area contributed by atoms with Crippen molar-refractivity contribution in [2.75, 3.05) is 23.7 Å². The fourth-order valence-corrected chi connectivity index (χ4v) is 3.86. The van der Waals surface area contributed by atoms with Gasteiger partial charge in [-0.05, 0) is 31.5 Å². The maximum atomic E-state index is 13.3. The van der Waals surface area contributed by atoms with Gasteiger partial charge < -0.3 is 10.6 Å². The zero-order valence-corrected chi connectivity index (χ0v) is 15.3. The molecule has 0 bridgehead atoms. The lowest BCUT2D eigenvalue weighted by Crippen LogP contribution is -2.31. The third kappa shape index (κ3) is 4.14. The van der Waals surface area contributed by atoms with E-state index in [1.54, 1.807) is 12.1 Å². The van der Waals surface area contributed by atoms with E-state index in [0.717, 1.165) is 10.9 Å². The van der Waals surface area contributed by atoms with Crippen molar-refractivity contribution in [1.29, 1.82) is 0 Å². The van der Waals surface area contributed by atoms with Crippen LogP contribution in [0.2, 0.25) is 0 Å². The molecular weight excluding hydrogens is 377 g/mol. The molecule has 2 aromatic rings. The van der Waals surface area contributed by atoms with Crippen molar-refractivity contribution in [3.63, 3.8) is 0 Å². The van der Waals surface area contributed by atoms with Gasteiger partial charge in [0.15, 0.2) is 5.82 Å². The Bertz CT molecular complexity index is 1050. The Morgan fingerprint density at radius 3 is 2.93 bits per heavy atom. The summed E-state index contributed by atoms with van der Waals surface area (Å²) in [5.41, 5.74) is -0.160. The highest BCUT2D eigenvalue weighted by molar-refractivity contribution is 7.89. The van der Waals surface area contributed by atoms with Crippen LogP contribution in [0.25, 0.3) is 0 Å². The fourth-order valence-electron chi connectivity index (χ4n) is 2.58.